The third kappa shape index (κ3) is 2.43. The number of nitrogens with zero attached hydrogens (tertiary/aromatic N) is 1. The lowest BCUT2D eigenvalue weighted by Gasteiger charge is -2.07. The summed E-state index contributed by atoms with van der Waals surface area (Å²) in [5.41, 5.74) is 1.69. The second-order valence-corrected chi connectivity index (χ2v) is 2.91. The van der Waals surface area contributed by atoms with Gasteiger partial charge in [0.15, 0.2) is 0 Å². The Kier molecular flexibility index (Phi) is 3.41. The van der Waals surface area contributed by atoms with Crippen LogP contribution in [0.2, 0.25) is 0 Å². The van der Waals surface area contributed by atoms with Gasteiger partial charge in [0.25, 0.3) is 5.69 Å². The number of aliphatic hydroxyl groups is 1. The van der Waals surface area contributed by atoms with Crippen LogP contribution in [0.5, 0.6) is 0 Å². The first-order valence-electron chi connectivity index (χ1n) is 4.25. The maximum absolute atomic E-state index is 10.4. The number of aryl methyl sites for hydroxylation is 1. The minimum atomic E-state index is -0.428. The number of hydrogen-bond donors (Lipinski definition) is 2. The summed E-state index contributed by atoms with van der Waals surface area (Å²) >= 11 is 0. The van der Waals surface area contributed by atoms with E-state index in [0.717, 1.165) is 11.3 Å². The monoisotopic (exact) mass is 196 g/mol. The van der Waals surface area contributed by atoms with Crippen molar-refractivity contribution in [2.45, 2.75) is 6.92 Å². The summed E-state index contributed by atoms with van der Waals surface area (Å²) in [7, 11) is 0. The van der Waals surface area contributed by atoms with Crippen LogP contribution in [-0.4, -0.2) is 23.2 Å². The minimum Gasteiger partial charge on any atom is -0.395 e. The smallest absolute Gasteiger partial charge is 0.269 e. The molecule has 0 spiro atoms. The second kappa shape index (κ2) is 4.57. The number of aliphatic hydroxyl groups excluding tert-OH is 1. The molecule has 2 N–H and O–H groups in total. The van der Waals surface area contributed by atoms with Crippen LogP contribution in [0.15, 0.2) is 18.2 Å². The predicted molar refractivity (Wildman–Crippen MR) is 53.4 cm³/mol. The molecule has 76 valence electrons. The summed E-state index contributed by atoms with van der Waals surface area (Å²) in [6.07, 6.45) is 0. The summed E-state index contributed by atoms with van der Waals surface area (Å²) in [6.45, 7) is 2.27. The molecule has 0 amide bonds. The van der Waals surface area contributed by atoms with Crippen molar-refractivity contribution in [1.29, 1.82) is 0 Å². The maximum Gasteiger partial charge on any atom is 0.269 e. The van der Waals surface area contributed by atoms with E-state index in [9.17, 15) is 10.1 Å². The van der Waals surface area contributed by atoms with Gasteiger partial charge < -0.3 is 10.4 Å². The number of nitro benzene ring substituents is 1. The number of anilines is 1. The fourth-order valence-electron chi connectivity index (χ4n) is 1.15. The van der Waals surface area contributed by atoms with Gasteiger partial charge in [-0.25, -0.2) is 0 Å². The van der Waals surface area contributed by atoms with Crippen molar-refractivity contribution in [2.24, 2.45) is 0 Å². The molecule has 0 saturated carbocycles. The molecule has 1 aromatic carbocycles. The van der Waals surface area contributed by atoms with Gasteiger partial charge in [-0.1, -0.05) is 0 Å². The van der Waals surface area contributed by atoms with Gasteiger partial charge in [0, 0.05) is 24.4 Å². The van der Waals surface area contributed by atoms with Gasteiger partial charge in [0.05, 0.1) is 11.5 Å². The largest absolute Gasteiger partial charge is 0.395 e. The maximum atomic E-state index is 10.4. The SMILES string of the molecule is Cc1cc([N+](=O)[O-])ccc1NCCO. The predicted octanol–water partition coefficient (Wildman–Crippen LogP) is 1.31. The third-order valence-corrected chi connectivity index (χ3v) is 1.85. The van der Waals surface area contributed by atoms with Crippen LogP contribution in [0.3, 0.4) is 0 Å². The van der Waals surface area contributed by atoms with Crippen LogP contribution in [0.1, 0.15) is 5.56 Å². The average molecular weight is 196 g/mol. The Hall–Kier alpha value is -1.62. The van der Waals surface area contributed by atoms with E-state index in [1.54, 1.807) is 13.0 Å². The fraction of sp³-hybridized carbons (Fsp3) is 0.333. The highest BCUT2D eigenvalue weighted by Crippen LogP contribution is 2.20. The number of benzene rings is 1. The second-order valence-electron chi connectivity index (χ2n) is 2.91. The standard InChI is InChI=1S/C9H12N2O3/c1-7-6-8(11(13)14)2-3-9(7)10-4-5-12/h2-3,6,10,12H,4-5H2,1H3. The van der Waals surface area contributed by atoms with E-state index < -0.39 is 4.92 Å². The number of hydrogen-bond acceptors (Lipinski definition) is 4. The van der Waals surface area contributed by atoms with E-state index in [-0.39, 0.29) is 12.3 Å². The molecular formula is C9H12N2O3. The van der Waals surface area contributed by atoms with Crippen molar-refractivity contribution in [3.05, 3.63) is 33.9 Å². The zero-order valence-corrected chi connectivity index (χ0v) is 7.86. The molecule has 0 bridgehead atoms. The van der Waals surface area contributed by atoms with Gasteiger partial charge in [0.2, 0.25) is 0 Å². The molecule has 0 fully saturated rings. The van der Waals surface area contributed by atoms with Gasteiger partial charge >= 0.3 is 0 Å². The molecule has 0 aliphatic heterocycles. The molecule has 5 heteroatoms. The third-order valence-electron chi connectivity index (χ3n) is 1.85. The van der Waals surface area contributed by atoms with E-state index in [0.29, 0.717) is 6.54 Å². The van der Waals surface area contributed by atoms with Crippen molar-refractivity contribution in [2.75, 3.05) is 18.5 Å². The number of rotatable bonds is 4. The van der Waals surface area contributed by atoms with E-state index in [1.807, 2.05) is 0 Å². The highest BCUT2D eigenvalue weighted by molar-refractivity contribution is 5.55. The molecule has 0 atom stereocenters. The molecule has 0 aromatic heterocycles. The van der Waals surface area contributed by atoms with E-state index in [4.69, 9.17) is 5.11 Å². The zero-order valence-electron chi connectivity index (χ0n) is 7.86. The van der Waals surface area contributed by atoms with Crippen molar-refractivity contribution in [3.8, 4) is 0 Å². The fourth-order valence-corrected chi connectivity index (χ4v) is 1.15. The molecule has 14 heavy (non-hydrogen) atoms. The quantitative estimate of drug-likeness (QED) is 0.562. The Morgan fingerprint density at radius 2 is 2.29 bits per heavy atom. The molecule has 0 saturated heterocycles. The van der Waals surface area contributed by atoms with Crippen LogP contribution in [0.25, 0.3) is 0 Å². The van der Waals surface area contributed by atoms with Gasteiger partial charge in [0.1, 0.15) is 0 Å². The molecule has 0 heterocycles. The molecule has 1 aromatic rings. The molecule has 0 aliphatic carbocycles. The lowest BCUT2D eigenvalue weighted by atomic mass is 10.2. The van der Waals surface area contributed by atoms with Crippen LogP contribution >= 0.6 is 0 Å². The Morgan fingerprint density at radius 1 is 1.57 bits per heavy atom. The Bertz CT molecular complexity index is 339. The summed E-state index contributed by atoms with van der Waals surface area (Å²) in [5, 5.41) is 22.0. The Morgan fingerprint density at radius 3 is 2.79 bits per heavy atom. The topological polar surface area (TPSA) is 75.4 Å². The van der Waals surface area contributed by atoms with Crippen molar-refractivity contribution >= 4 is 11.4 Å². The van der Waals surface area contributed by atoms with Crippen LogP contribution in [-0.2, 0) is 0 Å². The van der Waals surface area contributed by atoms with Crippen LogP contribution < -0.4 is 5.32 Å². The first-order valence-corrected chi connectivity index (χ1v) is 4.25. The molecular weight excluding hydrogens is 184 g/mol. The highest BCUT2D eigenvalue weighted by atomic mass is 16.6. The number of nitro groups is 1. The summed E-state index contributed by atoms with van der Waals surface area (Å²) in [4.78, 5) is 10.00. The molecule has 5 nitrogen and oxygen atoms in total. The first-order chi connectivity index (χ1) is 6.65. The van der Waals surface area contributed by atoms with Gasteiger partial charge in [-0.2, -0.15) is 0 Å². The lowest BCUT2D eigenvalue weighted by molar-refractivity contribution is -0.384. The molecule has 0 radical (unpaired) electrons. The lowest BCUT2D eigenvalue weighted by Crippen LogP contribution is -2.06. The molecule has 1 rings (SSSR count). The average Bonchev–Trinajstić information content (AvgIpc) is 2.15. The highest BCUT2D eigenvalue weighted by Gasteiger charge is 2.06. The van der Waals surface area contributed by atoms with Crippen LogP contribution in [0, 0.1) is 17.0 Å². The minimum absolute atomic E-state index is 0.0381. The Labute approximate surface area is 81.5 Å². The van der Waals surface area contributed by atoms with Crippen molar-refractivity contribution in [3.63, 3.8) is 0 Å². The first kappa shape index (κ1) is 10.5. The van der Waals surface area contributed by atoms with Gasteiger partial charge in [-0.15, -0.1) is 0 Å². The number of nitrogens with one attached hydrogen (secondary N) is 1. The summed E-state index contributed by atoms with van der Waals surface area (Å²) < 4.78 is 0. The normalized spacial score (nSPS) is 9.86. The van der Waals surface area contributed by atoms with E-state index in [1.165, 1.54) is 12.1 Å². The van der Waals surface area contributed by atoms with Crippen molar-refractivity contribution in [1.82, 2.24) is 0 Å². The zero-order chi connectivity index (χ0) is 10.6. The summed E-state index contributed by atoms with van der Waals surface area (Å²) in [6, 6.07) is 4.58. The number of non-ortho nitro benzene ring substituents is 1. The Balaban J connectivity index is 2.84. The summed E-state index contributed by atoms with van der Waals surface area (Å²) in [5.74, 6) is 0. The molecule has 0 unspecified atom stereocenters. The van der Waals surface area contributed by atoms with Crippen LogP contribution in [0.4, 0.5) is 11.4 Å². The van der Waals surface area contributed by atoms with E-state index >= 15 is 0 Å². The van der Waals surface area contributed by atoms with Crippen molar-refractivity contribution < 1.29 is 10.0 Å². The van der Waals surface area contributed by atoms with Gasteiger partial charge in [-0.3, -0.25) is 10.1 Å². The molecule has 0 aliphatic rings. The van der Waals surface area contributed by atoms with E-state index in [2.05, 4.69) is 5.32 Å². The van der Waals surface area contributed by atoms with Gasteiger partial charge in [-0.05, 0) is 18.6 Å².